The average molecular weight is 150 g/mol. The Kier molecular flexibility index (Phi) is 873. The van der Waals surface area contributed by atoms with Crippen LogP contribution in [0.3, 0.4) is 0 Å². The summed E-state index contributed by atoms with van der Waals surface area (Å²) in [6, 6.07) is 0. The summed E-state index contributed by atoms with van der Waals surface area (Å²) in [7, 11) is 0. The minimum absolute atomic E-state index is 1.75. The van der Waals surface area contributed by atoms with E-state index in [2.05, 4.69) is 6.65 Å². The van der Waals surface area contributed by atoms with Gasteiger partial charge in [0.1, 0.15) is 0 Å². The van der Waals surface area contributed by atoms with Crippen LogP contribution in [-0.4, -0.2) is 12.5 Å². The van der Waals surface area contributed by atoms with Crippen LogP contribution in [0.4, 0.5) is 0 Å². The second kappa shape index (κ2) is 342. The summed E-state index contributed by atoms with van der Waals surface area (Å²) in [5.74, 6) is 0. The van der Waals surface area contributed by atoms with Gasteiger partial charge in [0.05, 0.1) is 0 Å². The van der Waals surface area contributed by atoms with Gasteiger partial charge in [-0.15, -0.1) is 0 Å². The first-order valence-corrected chi connectivity index (χ1v) is 4.65. The molecule has 9 heavy (non-hydrogen) atoms. The monoisotopic (exact) mass is 150 g/mol. The molecule has 0 aliphatic carbocycles. The van der Waals surface area contributed by atoms with E-state index >= 15 is 0 Å². The Balaban J connectivity index is -0.0000000190. The van der Waals surface area contributed by atoms with Crippen molar-refractivity contribution in [2.24, 2.45) is 0 Å². The van der Waals surface area contributed by atoms with Crippen molar-refractivity contribution >= 4 is 11.8 Å². The van der Waals surface area contributed by atoms with Crippen molar-refractivity contribution in [2.45, 2.75) is 27.7 Å². The quantitative estimate of drug-likeness (QED) is 0.384. The van der Waals surface area contributed by atoms with Crippen molar-refractivity contribution in [3.05, 3.63) is 6.65 Å². The number of rotatable bonds is 0. The van der Waals surface area contributed by atoms with Crippen molar-refractivity contribution in [3.63, 3.8) is 0 Å². The minimum atomic E-state index is 1.75. The molecule has 0 unspecified atom stereocenters. The Labute approximate surface area is 63.9 Å². The number of hydrogen-bond donors (Lipinski definition) is 0. The van der Waals surface area contributed by atoms with Gasteiger partial charge >= 0.3 is 11.3 Å². The van der Waals surface area contributed by atoms with Crippen LogP contribution in [0.5, 0.6) is 0 Å². The fraction of sp³-hybridized carbons (Fsp3) is 0.857. The summed E-state index contributed by atoms with van der Waals surface area (Å²) in [5, 5.41) is 0. The Morgan fingerprint density at radius 2 is 0.889 bits per heavy atom. The molecule has 0 aliphatic rings. The molecule has 0 aromatic rings. The topological polar surface area (TPSA) is 19.9 Å². The van der Waals surface area contributed by atoms with E-state index in [1.54, 1.807) is 11.8 Å². The standard InChI is InChI=1S/C2H6S.2C2H6.CO/c1-3-2;3*1-2/h1-2H3;2*1-2H3;. The summed E-state index contributed by atoms with van der Waals surface area (Å²) >= 11 is 1.75. The van der Waals surface area contributed by atoms with Gasteiger partial charge in [0.25, 0.3) is 0 Å². The number of thioether (sulfide) groups is 1. The van der Waals surface area contributed by atoms with Gasteiger partial charge in [-0.05, 0) is 12.5 Å². The molecule has 1 nitrogen and oxygen atoms in total. The maximum absolute atomic E-state index is 7.50. The molecule has 2 heteroatoms. The molecule has 0 N–H and O–H groups in total. The molecule has 0 saturated carbocycles. The van der Waals surface area contributed by atoms with Crippen LogP contribution in [0.15, 0.2) is 0 Å². The van der Waals surface area contributed by atoms with Gasteiger partial charge in [-0.3, -0.25) is 0 Å². The average Bonchev–Trinajstić information content (AvgIpc) is 2.01. The third-order valence-electron chi connectivity index (χ3n) is 0. The molecule has 0 amide bonds. The predicted molar refractivity (Wildman–Crippen MR) is 46.1 cm³/mol. The zero-order chi connectivity index (χ0) is 8.71. The van der Waals surface area contributed by atoms with Crippen LogP contribution in [0, 0.1) is 6.65 Å². The fourth-order valence-corrected chi connectivity index (χ4v) is 0. The molecular weight excluding hydrogens is 132 g/mol. The van der Waals surface area contributed by atoms with Gasteiger partial charge in [0.15, 0.2) is 0 Å². The first kappa shape index (κ1) is 23.0. The molecule has 0 radical (unpaired) electrons. The Bertz CT molecular complexity index is 20.1. The third-order valence-corrected chi connectivity index (χ3v) is 0. The fourth-order valence-electron chi connectivity index (χ4n) is 0. The predicted octanol–water partition coefficient (Wildman–Crippen LogP) is 2.99. The molecule has 0 rings (SSSR count). The molecule has 0 aromatic heterocycles. The van der Waals surface area contributed by atoms with Crippen molar-refractivity contribution in [1.82, 2.24) is 0 Å². The molecule has 58 valence electrons. The normalized spacial score (nSPS) is 3.56. The van der Waals surface area contributed by atoms with Gasteiger partial charge < -0.3 is 0 Å². The Hall–Kier alpha value is 0.0900. The molecular formula is C7H18OS. The van der Waals surface area contributed by atoms with E-state index in [-0.39, 0.29) is 0 Å². The molecule has 0 fully saturated rings. The second-order valence-electron chi connectivity index (χ2n) is 0.408. The molecule has 0 saturated heterocycles. The zero-order valence-electron chi connectivity index (χ0n) is 7.32. The third kappa shape index (κ3) is 37000. The van der Waals surface area contributed by atoms with Gasteiger partial charge in [-0.25, -0.2) is 0 Å². The van der Waals surface area contributed by atoms with Crippen LogP contribution in [0.2, 0.25) is 0 Å². The summed E-state index contributed by atoms with van der Waals surface area (Å²) in [4.78, 5) is 0. The van der Waals surface area contributed by atoms with Crippen LogP contribution in [0.25, 0.3) is 0 Å². The zero-order valence-corrected chi connectivity index (χ0v) is 8.13. The van der Waals surface area contributed by atoms with E-state index in [1.165, 1.54) is 0 Å². The van der Waals surface area contributed by atoms with Gasteiger partial charge in [-0.2, -0.15) is 11.8 Å². The van der Waals surface area contributed by atoms with E-state index in [1.807, 2.05) is 40.2 Å². The second-order valence-corrected chi connectivity index (χ2v) is 1.22. The summed E-state index contributed by atoms with van der Waals surface area (Å²) in [5.41, 5.74) is 0. The molecule has 0 bridgehead atoms. The first-order chi connectivity index (χ1) is 4.41. The van der Waals surface area contributed by atoms with Gasteiger partial charge in [0.2, 0.25) is 0 Å². The van der Waals surface area contributed by atoms with Crippen LogP contribution in [0.1, 0.15) is 27.7 Å². The van der Waals surface area contributed by atoms with Crippen molar-refractivity contribution in [1.29, 1.82) is 0 Å². The van der Waals surface area contributed by atoms with Crippen molar-refractivity contribution < 1.29 is 4.65 Å². The van der Waals surface area contributed by atoms with Crippen LogP contribution in [-0.2, 0) is 4.65 Å². The maximum atomic E-state index is 7.50. The van der Waals surface area contributed by atoms with E-state index < -0.39 is 0 Å². The molecule has 0 aliphatic heterocycles. The van der Waals surface area contributed by atoms with E-state index in [0.717, 1.165) is 0 Å². The van der Waals surface area contributed by atoms with E-state index in [9.17, 15) is 0 Å². The molecule has 0 spiro atoms. The summed E-state index contributed by atoms with van der Waals surface area (Å²) in [6.07, 6.45) is 4.08. The van der Waals surface area contributed by atoms with Gasteiger partial charge in [0, 0.05) is 0 Å². The summed E-state index contributed by atoms with van der Waals surface area (Å²) in [6.45, 7) is 12.5. The van der Waals surface area contributed by atoms with Crippen molar-refractivity contribution in [3.8, 4) is 0 Å². The molecule has 0 aromatic carbocycles. The van der Waals surface area contributed by atoms with Crippen LogP contribution < -0.4 is 0 Å². The Morgan fingerprint density at radius 1 is 0.889 bits per heavy atom. The van der Waals surface area contributed by atoms with E-state index in [4.69, 9.17) is 4.65 Å². The van der Waals surface area contributed by atoms with Crippen molar-refractivity contribution in [2.75, 3.05) is 12.5 Å². The summed E-state index contributed by atoms with van der Waals surface area (Å²) < 4.78 is 7.50. The Morgan fingerprint density at radius 3 is 0.889 bits per heavy atom. The SMILES string of the molecule is CC.CC.CSC.[C-]#[O+]. The first-order valence-electron chi connectivity index (χ1n) is 3.02. The number of hydrogen-bond acceptors (Lipinski definition) is 1. The van der Waals surface area contributed by atoms with Crippen LogP contribution >= 0.6 is 11.8 Å². The molecule has 0 heterocycles. The van der Waals surface area contributed by atoms with Gasteiger partial charge in [-0.1, -0.05) is 27.7 Å². The molecule has 0 atom stereocenters. The van der Waals surface area contributed by atoms with E-state index in [0.29, 0.717) is 0 Å².